The molecule has 1 saturated heterocycles. The smallest absolute Gasteiger partial charge is 0.334 e. The van der Waals surface area contributed by atoms with E-state index in [1.807, 2.05) is 23.2 Å². The van der Waals surface area contributed by atoms with Gasteiger partial charge in [-0.15, -0.1) is 0 Å². The van der Waals surface area contributed by atoms with Crippen molar-refractivity contribution >= 4 is 5.91 Å². The standard InChI is InChI=1S/C16H18N4O2/c21-15(12-19-9-4-8-18-16(19)22)20-10-2-1-6-14(20)13-5-3-7-17-11-13/h3-5,7-9,11,14H,1-2,6,10,12H2. The van der Waals surface area contributed by atoms with Crippen LogP contribution >= 0.6 is 0 Å². The molecule has 0 aromatic carbocycles. The fraction of sp³-hybridized carbons (Fsp3) is 0.375. The molecule has 114 valence electrons. The summed E-state index contributed by atoms with van der Waals surface area (Å²) >= 11 is 0. The van der Waals surface area contributed by atoms with E-state index in [0.717, 1.165) is 24.8 Å². The van der Waals surface area contributed by atoms with Gasteiger partial charge in [0.2, 0.25) is 5.91 Å². The second-order valence-corrected chi connectivity index (χ2v) is 5.42. The zero-order valence-corrected chi connectivity index (χ0v) is 12.3. The van der Waals surface area contributed by atoms with Crippen molar-refractivity contribution in [2.45, 2.75) is 31.8 Å². The third-order valence-corrected chi connectivity index (χ3v) is 3.98. The number of hydrogen-bond acceptors (Lipinski definition) is 4. The zero-order chi connectivity index (χ0) is 15.4. The molecule has 2 aromatic heterocycles. The Balaban J connectivity index is 1.80. The number of pyridine rings is 1. The monoisotopic (exact) mass is 298 g/mol. The first-order valence-electron chi connectivity index (χ1n) is 7.46. The Morgan fingerprint density at radius 3 is 2.95 bits per heavy atom. The topological polar surface area (TPSA) is 68.1 Å². The van der Waals surface area contributed by atoms with Crippen LogP contribution in [0.3, 0.4) is 0 Å². The Bertz CT molecular complexity index is 699. The molecule has 1 aliphatic heterocycles. The van der Waals surface area contributed by atoms with Gasteiger partial charge in [-0.05, 0) is 37.0 Å². The van der Waals surface area contributed by atoms with Gasteiger partial charge in [0.15, 0.2) is 0 Å². The fourth-order valence-corrected chi connectivity index (χ4v) is 2.89. The van der Waals surface area contributed by atoms with Gasteiger partial charge >= 0.3 is 5.69 Å². The Hall–Kier alpha value is -2.50. The molecule has 0 spiro atoms. The molecule has 1 fully saturated rings. The summed E-state index contributed by atoms with van der Waals surface area (Å²) in [7, 11) is 0. The predicted octanol–water partition coefficient (Wildman–Crippen LogP) is 1.39. The van der Waals surface area contributed by atoms with Gasteiger partial charge in [-0.2, -0.15) is 0 Å². The van der Waals surface area contributed by atoms with Crippen LogP contribution in [-0.4, -0.2) is 31.9 Å². The van der Waals surface area contributed by atoms with Gasteiger partial charge in [0.25, 0.3) is 0 Å². The number of piperidine rings is 1. The molecule has 1 amide bonds. The molecular formula is C16H18N4O2. The van der Waals surface area contributed by atoms with Crippen LogP contribution in [-0.2, 0) is 11.3 Å². The quantitative estimate of drug-likeness (QED) is 0.859. The molecule has 0 bridgehead atoms. The number of hydrogen-bond donors (Lipinski definition) is 0. The van der Waals surface area contributed by atoms with Crippen molar-refractivity contribution in [2.75, 3.05) is 6.54 Å². The second-order valence-electron chi connectivity index (χ2n) is 5.42. The Kier molecular flexibility index (Phi) is 4.27. The Morgan fingerprint density at radius 2 is 2.18 bits per heavy atom. The summed E-state index contributed by atoms with van der Waals surface area (Å²) in [5, 5.41) is 0. The first kappa shape index (κ1) is 14.4. The van der Waals surface area contributed by atoms with Crippen LogP contribution in [0.2, 0.25) is 0 Å². The summed E-state index contributed by atoms with van der Waals surface area (Å²) in [6.07, 6.45) is 9.58. The molecule has 1 atom stereocenters. The van der Waals surface area contributed by atoms with Crippen molar-refractivity contribution in [1.29, 1.82) is 0 Å². The van der Waals surface area contributed by atoms with Gasteiger partial charge in [-0.3, -0.25) is 14.3 Å². The average Bonchev–Trinajstić information content (AvgIpc) is 2.58. The van der Waals surface area contributed by atoms with E-state index in [-0.39, 0.29) is 18.5 Å². The summed E-state index contributed by atoms with van der Waals surface area (Å²) in [6, 6.07) is 5.59. The molecule has 6 nitrogen and oxygen atoms in total. The lowest BCUT2D eigenvalue weighted by atomic mass is 9.96. The van der Waals surface area contributed by atoms with Gasteiger partial charge in [0.05, 0.1) is 6.04 Å². The minimum Gasteiger partial charge on any atom is -0.334 e. The van der Waals surface area contributed by atoms with Gasteiger partial charge in [-0.25, -0.2) is 9.78 Å². The minimum absolute atomic E-state index is 0.0312. The first-order valence-corrected chi connectivity index (χ1v) is 7.46. The lowest BCUT2D eigenvalue weighted by Gasteiger charge is -2.36. The van der Waals surface area contributed by atoms with E-state index in [2.05, 4.69) is 9.97 Å². The summed E-state index contributed by atoms with van der Waals surface area (Å²) in [4.78, 5) is 34.0. The molecule has 1 unspecified atom stereocenters. The maximum absolute atomic E-state index is 12.6. The number of aromatic nitrogens is 3. The molecule has 0 radical (unpaired) electrons. The lowest BCUT2D eigenvalue weighted by molar-refractivity contribution is -0.135. The van der Waals surface area contributed by atoms with Gasteiger partial charge in [-0.1, -0.05) is 6.07 Å². The van der Waals surface area contributed by atoms with E-state index in [1.54, 1.807) is 18.5 Å². The van der Waals surface area contributed by atoms with E-state index in [1.165, 1.54) is 10.8 Å². The van der Waals surface area contributed by atoms with E-state index in [9.17, 15) is 9.59 Å². The molecule has 22 heavy (non-hydrogen) atoms. The van der Waals surface area contributed by atoms with Crippen molar-refractivity contribution in [1.82, 2.24) is 19.4 Å². The Morgan fingerprint density at radius 1 is 1.27 bits per heavy atom. The molecule has 2 aromatic rings. The highest BCUT2D eigenvalue weighted by Gasteiger charge is 2.28. The summed E-state index contributed by atoms with van der Waals surface area (Å²) in [6.45, 7) is 0.747. The minimum atomic E-state index is -0.397. The molecule has 0 N–H and O–H groups in total. The molecule has 0 aliphatic carbocycles. The summed E-state index contributed by atoms with van der Waals surface area (Å²) in [5.74, 6) is -0.0522. The molecule has 3 heterocycles. The highest BCUT2D eigenvalue weighted by atomic mass is 16.2. The normalized spacial score (nSPS) is 18.2. The number of amides is 1. The van der Waals surface area contributed by atoms with E-state index in [4.69, 9.17) is 0 Å². The fourth-order valence-electron chi connectivity index (χ4n) is 2.89. The maximum atomic E-state index is 12.6. The van der Waals surface area contributed by atoms with Crippen molar-refractivity contribution in [3.05, 3.63) is 59.0 Å². The van der Waals surface area contributed by atoms with Crippen LogP contribution in [0.25, 0.3) is 0 Å². The molecule has 1 aliphatic rings. The van der Waals surface area contributed by atoms with Crippen LogP contribution in [0.4, 0.5) is 0 Å². The predicted molar refractivity (Wildman–Crippen MR) is 81.0 cm³/mol. The van der Waals surface area contributed by atoms with Crippen molar-refractivity contribution in [3.8, 4) is 0 Å². The van der Waals surface area contributed by atoms with Gasteiger partial charge in [0.1, 0.15) is 6.54 Å². The van der Waals surface area contributed by atoms with Crippen LogP contribution < -0.4 is 5.69 Å². The van der Waals surface area contributed by atoms with Crippen molar-refractivity contribution in [3.63, 3.8) is 0 Å². The third kappa shape index (κ3) is 3.05. The van der Waals surface area contributed by atoms with Crippen molar-refractivity contribution < 1.29 is 4.79 Å². The number of carbonyl (C=O) groups excluding carboxylic acids is 1. The van der Waals surface area contributed by atoms with Crippen molar-refractivity contribution in [2.24, 2.45) is 0 Å². The second kappa shape index (κ2) is 6.51. The maximum Gasteiger partial charge on any atom is 0.347 e. The van der Waals surface area contributed by atoms with Crippen LogP contribution in [0.5, 0.6) is 0 Å². The number of nitrogens with zero attached hydrogens (tertiary/aromatic N) is 4. The number of likely N-dealkylation sites (tertiary alicyclic amines) is 1. The van der Waals surface area contributed by atoms with E-state index >= 15 is 0 Å². The summed E-state index contributed by atoms with van der Waals surface area (Å²) < 4.78 is 1.34. The van der Waals surface area contributed by atoms with Crippen LogP contribution in [0.1, 0.15) is 30.9 Å². The zero-order valence-electron chi connectivity index (χ0n) is 12.3. The molecule has 6 heteroatoms. The molecule has 0 saturated carbocycles. The van der Waals surface area contributed by atoms with Gasteiger partial charge in [0, 0.05) is 31.3 Å². The highest BCUT2D eigenvalue weighted by molar-refractivity contribution is 5.76. The number of rotatable bonds is 3. The van der Waals surface area contributed by atoms with Gasteiger partial charge < -0.3 is 4.90 Å². The average molecular weight is 298 g/mol. The highest BCUT2D eigenvalue weighted by Crippen LogP contribution is 2.30. The molecule has 3 rings (SSSR count). The lowest BCUT2D eigenvalue weighted by Crippen LogP contribution is -2.41. The van der Waals surface area contributed by atoms with E-state index in [0.29, 0.717) is 6.54 Å². The number of carbonyl (C=O) groups is 1. The molecular weight excluding hydrogens is 280 g/mol. The SMILES string of the molecule is O=C(Cn1cccnc1=O)N1CCCCC1c1cccnc1. The largest absolute Gasteiger partial charge is 0.347 e. The van der Waals surface area contributed by atoms with E-state index < -0.39 is 5.69 Å². The summed E-state index contributed by atoms with van der Waals surface area (Å²) in [5.41, 5.74) is 0.653. The third-order valence-electron chi connectivity index (χ3n) is 3.98. The first-order chi connectivity index (χ1) is 10.8. The Labute approximate surface area is 128 Å². The van der Waals surface area contributed by atoms with Crippen LogP contribution in [0.15, 0.2) is 47.8 Å². The van der Waals surface area contributed by atoms with Crippen LogP contribution in [0, 0.1) is 0 Å².